The van der Waals surface area contributed by atoms with Crippen LogP contribution in [0.25, 0.3) is 10.8 Å². The molecule has 0 saturated carbocycles. The number of rotatable bonds is 11. The molecule has 2 rings (SSSR count). The first-order valence-corrected chi connectivity index (χ1v) is 10.9. The Kier molecular flexibility index (Phi) is 9.06. The fourth-order valence-electron chi connectivity index (χ4n) is 2.94. The third-order valence-corrected chi connectivity index (χ3v) is 6.24. The summed E-state index contributed by atoms with van der Waals surface area (Å²) < 4.78 is 2.55. The van der Waals surface area contributed by atoms with E-state index >= 15 is 0 Å². The van der Waals surface area contributed by atoms with Crippen molar-refractivity contribution >= 4 is 27.3 Å². The standard InChI is InChI=1S/C22H33N3S/c1-24(2)16-17-25(26(3)18-9-5-4-8-15-23)19-21-13-10-12-20-11-6-7-14-22(20)21/h4,6-8,10-14H,3,5,9,15-19,23H2,1-2H3/b8-4-. The van der Waals surface area contributed by atoms with Gasteiger partial charge in [0.25, 0.3) is 0 Å². The summed E-state index contributed by atoms with van der Waals surface area (Å²) in [7, 11) is 4.29. The van der Waals surface area contributed by atoms with Gasteiger partial charge in [0.15, 0.2) is 0 Å². The molecule has 1 unspecified atom stereocenters. The highest BCUT2D eigenvalue weighted by Crippen LogP contribution is 2.26. The van der Waals surface area contributed by atoms with Crippen LogP contribution in [0.1, 0.15) is 18.4 Å². The van der Waals surface area contributed by atoms with E-state index in [0.29, 0.717) is 6.54 Å². The molecule has 0 heterocycles. The van der Waals surface area contributed by atoms with E-state index in [1.807, 2.05) is 6.08 Å². The van der Waals surface area contributed by atoms with E-state index in [9.17, 15) is 0 Å². The summed E-state index contributed by atoms with van der Waals surface area (Å²) in [6.45, 7) is 3.69. The number of hydrogen-bond donors (Lipinski definition) is 1. The Labute approximate surface area is 161 Å². The second-order valence-electron chi connectivity index (χ2n) is 6.82. The molecule has 4 heteroatoms. The molecule has 0 saturated heterocycles. The van der Waals surface area contributed by atoms with Crippen LogP contribution in [0.4, 0.5) is 0 Å². The number of benzene rings is 2. The maximum atomic E-state index is 5.51. The van der Waals surface area contributed by atoms with Crippen molar-refractivity contribution < 1.29 is 0 Å². The number of nitrogens with two attached hydrogens (primary N) is 1. The average molecular weight is 372 g/mol. The minimum atomic E-state index is 0.0185. The van der Waals surface area contributed by atoms with Crippen LogP contribution in [0.5, 0.6) is 0 Å². The first kappa shape index (κ1) is 20.8. The predicted octanol–water partition coefficient (Wildman–Crippen LogP) is 4.11. The Hall–Kier alpha value is -1.46. The lowest BCUT2D eigenvalue weighted by Gasteiger charge is -2.27. The second-order valence-corrected chi connectivity index (χ2v) is 8.67. The Morgan fingerprint density at radius 3 is 2.58 bits per heavy atom. The van der Waals surface area contributed by atoms with Gasteiger partial charge in [0, 0.05) is 31.9 Å². The maximum absolute atomic E-state index is 5.51. The van der Waals surface area contributed by atoms with Crippen molar-refractivity contribution in [3.8, 4) is 0 Å². The number of hydrogen-bond acceptors (Lipinski definition) is 3. The number of allylic oxidation sites excluding steroid dienone is 1. The largest absolute Gasteiger partial charge is 0.327 e. The molecule has 2 aromatic rings. The molecule has 2 aromatic carbocycles. The fraction of sp³-hybridized carbons (Fsp3) is 0.409. The van der Waals surface area contributed by atoms with E-state index in [1.165, 1.54) is 16.3 Å². The molecule has 0 radical (unpaired) electrons. The fourth-order valence-corrected chi connectivity index (χ4v) is 4.36. The number of unbranched alkanes of at least 4 members (excludes halogenated alkanes) is 1. The number of fused-ring (bicyclic) bond motifs is 1. The lowest BCUT2D eigenvalue weighted by Crippen LogP contribution is -2.28. The molecule has 3 nitrogen and oxygen atoms in total. The minimum Gasteiger partial charge on any atom is -0.327 e. The molecule has 0 bridgehead atoms. The smallest absolute Gasteiger partial charge is 0.0342 e. The van der Waals surface area contributed by atoms with Gasteiger partial charge in [-0.1, -0.05) is 60.5 Å². The number of likely N-dealkylation sites (N-methyl/N-ethyl adjacent to an activating group) is 1. The van der Waals surface area contributed by atoms with Gasteiger partial charge in [0.2, 0.25) is 0 Å². The van der Waals surface area contributed by atoms with E-state index in [1.54, 1.807) is 0 Å². The van der Waals surface area contributed by atoms with Gasteiger partial charge >= 0.3 is 0 Å². The molecule has 26 heavy (non-hydrogen) atoms. The highest BCUT2D eigenvalue weighted by Gasteiger charge is 2.11. The van der Waals surface area contributed by atoms with Gasteiger partial charge in [0.1, 0.15) is 0 Å². The van der Waals surface area contributed by atoms with Crippen LogP contribution >= 0.6 is 10.7 Å². The van der Waals surface area contributed by atoms with Crippen molar-refractivity contribution in [1.82, 2.24) is 9.21 Å². The molecule has 0 amide bonds. The molecule has 0 fully saturated rings. The predicted molar refractivity (Wildman–Crippen MR) is 120 cm³/mol. The zero-order valence-electron chi connectivity index (χ0n) is 16.2. The van der Waals surface area contributed by atoms with Gasteiger partial charge in [-0.3, -0.25) is 4.31 Å². The zero-order chi connectivity index (χ0) is 18.8. The van der Waals surface area contributed by atoms with Gasteiger partial charge in [-0.05, 0) is 43.3 Å². The Morgan fingerprint density at radius 1 is 1.04 bits per heavy atom. The SMILES string of the molecule is C=S(CCC/C=C\CN)N(CCN(C)C)Cc1cccc2ccccc12. The topological polar surface area (TPSA) is 32.5 Å². The lowest BCUT2D eigenvalue weighted by molar-refractivity contribution is 0.348. The van der Waals surface area contributed by atoms with Crippen molar-refractivity contribution in [3.63, 3.8) is 0 Å². The van der Waals surface area contributed by atoms with Gasteiger partial charge < -0.3 is 10.6 Å². The average Bonchev–Trinajstić information content (AvgIpc) is 2.64. The number of nitrogens with zero attached hydrogens (tertiary/aromatic N) is 2. The Bertz CT molecular complexity index is 719. The van der Waals surface area contributed by atoms with Crippen molar-refractivity contribution in [2.24, 2.45) is 5.73 Å². The van der Waals surface area contributed by atoms with Crippen molar-refractivity contribution in [3.05, 3.63) is 60.2 Å². The molecule has 0 aromatic heterocycles. The van der Waals surface area contributed by atoms with Crippen LogP contribution in [0.15, 0.2) is 54.6 Å². The second kappa shape index (κ2) is 11.3. The first-order valence-electron chi connectivity index (χ1n) is 9.34. The molecule has 0 spiro atoms. The van der Waals surface area contributed by atoms with E-state index in [2.05, 4.69) is 77.7 Å². The van der Waals surface area contributed by atoms with E-state index in [4.69, 9.17) is 5.73 Å². The molecule has 0 aliphatic rings. The van der Waals surface area contributed by atoms with Crippen LogP contribution < -0.4 is 5.73 Å². The first-order chi connectivity index (χ1) is 12.6. The molecule has 0 aliphatic heterocycles. The van der Waals surface area contributed by atoms with Gasteiger partial charge in [-0.25, -0.2) is 0 Å². The van der Waals surface area contributed by atoms with Crippen LogP contribution in [0.2, 0.25) is 0 Å². The van der Waals surface area contributed by atoms with E-state index in [0.717, 1.165) is 38.2 Å². The van der Waals surface area contributed by atoms with Crippen LogP contribution in [-0.2, 0) is 6.54 Å². The quantitative estimate of drug-likeness (QED) is 0.366. The Morgan fingerprint density at radius 2 is 1.81 bits per heavy atom. The third-order valence-electron chi connectivity index (χ3n) is 4.44. The summed E-state index contributed by atoms with van der Waals surface area (Å²) in [5.41, 5.74) is 6.90. The zero-order valence-corrected chi connectivity index (χ0v) is 17.0. The van der Waals surface area contributed by atoms with Crippen molar-refractivity contribution in [1.29, 1.82) is 0 Å². The maximum Gasteiger partial charge on any atom is 0.0342 e. The molecule has 0 aliphatic carbocycles. The molecular weight excluding hydrogens is 338 g/mol. The summed E-state index contributed by atoms with van der Waals surface area (Å²) in [6, 6.07) is 15.3. The van der Waals surface area contributed by atoms with Crippen molar-refractivity contribution in [2.45, 2.75) is 19.4 Å². The summed E-state index contributed by atoms with van der Waals surface area (Å²) in [5.74, 6) is 5.63. The normalized spacial score (nSPS) is 13.3. The van der Waals surface area contributed by atoms with Gasteiger partial charge in [-0.2, -0.15) is 0 Å². The van der Waals surface area contributed by atoms with Crippen LogP contribution in [-0.4, -0.2) is 54.6 Å². The molecule has 2 N–H and O–H groups in total. The third kappa shape index (κ3) is 6.69. The van der Waals surface area contributed by atoms with Crippen molar-refractivity contribution in [2.75, 3.05) is 39.5 Å². The molecule has 1 atom stereocenters. The summed E-state index contributed by atoms with van der Waals surface area (Å²) in [4.78, 5) is 2.25. The van der Waals surface area contributed by atoms with E-state index in [-0.39, 0.29) is 10.7 Å². The Balaban J connectivity index is 2.08. The van der Waals surface area contributed by atoms with Gasteiger partial charge in [-0.15, -0.1) is 10.7 Å². The lowest BCUT2D eigenvalue weighted by atomic mass is 10.0. The summed E-state index contributed by atoms with van der Waals surface area (Å²) in [6.07, 6.45) is 6.48. The summed E-state index contributed by atoms with van der Waals surface area (Å²) >= 11 is 0. The molecule has 142 valence electrons. The monoisotopic (exact) mass is 371 g/mol. The minimum absolute atomic E-state index is 0.0185. The van der Waals surface area contributed by atoms with E-state index < -0.39 is 0 Å². The van der Waals surface area contributed by atoms with Crippen LogP contribution in [0, 0.1) is 0 Å². The van der Waals surface area contributed by atoms with Gasteiger partial charge in [0.05, 0.1) is 0 Å². The highest BCUT2D eigenvalue weighted by molar-refractivity contribution is 8.12. The van der Waals surface area contributed by atoms with Crippen LogP contribution in [0.3, 0.4) is 0 Å². The summed E-state index contributed by atoms with van der Waals surface area (Å²) in [5, 5.41) is 2.67. The molecular formula is C22H33N3S. The highest BCUT2D eigenvalue weighted by atomic mass is 32.2.